The maximum Gasteiger partial charge on any atom is 0.248 e. The van der Waals surface area contributed by atoms with Gasteiger partial charge in [0.2, 0.25) is 5.91 Å². The summed E-state index contributed by atoms with van der Waals surface area (Å²) in [5.41, 5.74) is 12.8. The molecule has 0 saturated heterocycles. The molecule has 0 heterocycles. The molecule has 1 rings (SSSR count). The molecule has 0 radical (unpaired) electrons. The third kappa shape index (κ3) is 4.63. The Kier molecular flexibility index (Phi) is 6.00. The van der Waals surface area contributed by atoms with E-state index in [1.165, 1.54) is 0 Å². The number of ether oxygens (including phenoxy) is 1. The lowest BCUT2D eigenvalue weighted by molar-refractivity contribution is 0.100. The Morgan fingerprint density at radius 1 is 1.33 bits per heavy atom. The van der Waals surface area contributed by atoms with E-state index in [-0.39, 0.29) is 0 Å². The molecular formula is C13H21N3O2. The number of nitrogen functional groups attached to an aromatic ring is 1. The normalized spacial score (nSPS) is 10.3. The molecule has 18 heavy (non-hydrogen) atoms. The van der Waals surface area contributed by atoms with Gasteiger partial charge < -0.3 is 21.5 Å². The third-order valence-electron chi connectivity index (χ3n) is 2.68. The first-order valence-corrected chi connectivity index (χ1v) is 6.07. The highest BCUT2D eigenvalue weighted by Gasteiger charge is 2.04. The monoisotopic (exact) mass is 251 g/mol. The number of carbonyl (C=O) groups excluding carboxylic acids is 1. The molecule has 0 spiro atoms. The van der Waals surface area contributed by atoms with Crippen LogP contribution in [0, 0.1) is 0 Å². The van der Waals surface area contributed by atoms with Crippen LogP contribution >= 0.6 is 0 Å². The van der Waals surface area contributed by atoms with Gasteiger partial charge in [-0.25, -0.2) is 0 Å². The molecule has 0 atom stereocenters. The van der Waals surface area contributed by atoms with Crippen molar-refractivity contribution in [3.63, 3.8) is 0 Å². The Morgan fingerprint density at radius 2 is 2.11 bits per heavy atom. The first-order valence-electron chi connectivity index (χ1n) is 6.07. The standard InChI is InChI=1S/C13H21N3O2/c1-18-8-4-2-3-7-16-12-6-5-10(13(15)17)9-11(12)14/h5-6,9,16H,2-4,7-8,14H2,1H3,(H2,15,17). The van der Waals surface area contributed by atoms with E-state index in [0.717, 1.165) is 38.1 Å². The van der Waals surface area contributed by atoms with Crippen molar-refractivity contribution in [2.45, 2.75) is 19.3 Å². The Hall–Kier alpha value is -1.75. The van der Waals surface area contributed by atoms with Gasteiger partial charge in [0.1, 0.15) is 0 Å². The lowest BCUT2D eigenvalue weighted by Gasteiger charge is -2.10. The van der Waals surface area contributed by atoms with Crippen LogP contribution in [0.5, 0.6) is 0 Å². The van der Waals surface area contributed by atoms with Gasteiger partial charge in [0.05, 0.1) is 11.4 Å². The average molecular weight is 251 g/mol. The smallest absolute Gasteiger partial charge is 0.248 e. The number of anilines is 2. The summed E-state index contributed by atoms with van der Waals surface area (Å²) in [6, 6.07) is 5.05. The fourth-order valence-electron chi connectivity index (χ4n) is 1.65. The van der Waals surface area contributed by atoms with Crippen LogP contribution in [0.2, 0.25) is 0 Å². The minimum atomic E-state index is -0.465. The van der Waals surface area contributed by atoms with Crippen molar-refractivity contribution in [1.82, 2.24) is 0 Å². The topological polar surface area (TPSA) is 90.4 Å². The van der Waals surface area contributed by atoms with Gasteiger partial charge in [-0.05, 0) is 37.5 Å². The summed E-state index contributed by atoms with van der Waals surface area (Å²) in [7, 11) is 1.71. The molecule has 5 heteroatoms. The molecule has 5 nitrogen and oxygen atoms in total. The Balaban J connectivity index is 2.36. The Morgan fingerprint density at radius 3 is 2.72 bits per heavy atom. The minimum absolute atomic E-state index is 0.429. The van der Waals surface area contributed by atoms with Gasteiger partial charge in [-0.15, -0.1) is 0 Å². The van der Waals surface area contributed by atoms with Gasteiger partial charge in [-0.2, -0.15) is 0 Å². The van der Waals surface area contributed by atoms with Gasteiger partial charge in [-0.3, -0.25) is 4.79 Å². The SMILES string of the molecule is COCCCCCNc1ccc(C(N)=O)cc1N. The number of primary amides is 1. The molecule has 0 aliphatic rings. The van der Waals surface area contributed by atoms with Crippen molar-refractivity contribution in [2.75, 3.05) is 31.3 Å². The summed E-state index contributed by atoms with van der Waals surface area (Å²) in [5.74, 6) is -0.465. The molecule has 100 valence electrons. The predicted octanol–water partition coefficient (Wildman–Crippen LogP) is 1.60. The molecule has 1 aromatic rings. The van der Waals surface area contributed by atoms with Crippen LogP contribution in [-0.2, 0) is 4.74 Å². The summed E-state index contributed by atoms with van der Waals surface area (Å²) in [6.45, 7) is 1.65. The predicted molar refractivity (Wildman–Crippen MR) is 73.6 cm³/mol. The average Bonchev–Trinajstić information content (AvgIpc) is 2.35. The summed E-state index contributed by atoms with van der Waals surface area (Å²) in [6.07, 6.45) is 3.23. The number of hydrogen-bond acceptors (Lipinski definition) is 4. The molecule has 0 unspecified atom stereocenters. The number of nitrogens with two attached hydrogens (primary N) is 2. The first-order chi connectivity index (χ1) is 8.65. The molecule has 0 aromatic heterocycles. The molecular weight excluding hydrogens is 230 g/mol. The van der Waals surface area contributed by atoms with Gasteiger partial charge in [0.15, 0.2) is 0 Å². The van der Waals surface area contributed by atoms with Gasteiger partial charge >= 0.3 is 0 Å². The zero-order valence-corrected chi connectivity index (χ0v) is 10.7. The van der Waals surface area contributed by atoms with Crippen LogP contribution in [0.25, 0.3) is 0 Å². The Labute approximate surface area is 107 Å². The van der Waals surface area contributed by atoms with Crippen molar-refractivity contribution < 1.29 is 9.53 Å². The zero-order valence-electron chi connectivity index (χ0n) is 10.7. The third-order valence-corrected chi connectivity index (χ3v) is 2.68. The number of nitrogens with one attached hydrogen (secondary N) is 1. The van der Waals surface area contributed by atoms with Crippen molar-refractivity contribution in [2.24, 2.45) is 5.73 Å². The van der Waals surface area contributed by atoms with Gasteiger partial charge in [0.25, 0.3) is 0 Å². The Bertz CT molecular complexity index is 394. The number of unbranched alkanes of at least 4 members (excludes halogenated alkanes) is 2. The summed E-state index contributed by atoms with van der Waals surface area (Å²) in [5, 5.41) is 3.24. The van der Waals surface area contributed by atoms with E-state index in [2.05, 4.69) is 5.32 Å². The van der Waals surface area contributed by atoms with E-state index in [0.29, 0.717) is 11.3 Å². The highest BCUT2D eigenvalue weighted by atomic mass is 16.5. The highest BCUT2D eigenvalue weighted by Crippen LogP contribution is 2.19. The van der Waals surface area contributed by atoms with Gasteiger partial charge in [-0.1, -0.05) is 0 Å². The van der Waals surface area contributed by atoms with Crippen LogP contribution in [0.3, 0.4) is 0 Å². The van der Waals surface area contributed by atoms with Crippen LogP contribution in [-0.4, -0.2) is 26.2 Å². The maximum atomic E-state index is 11.0. The summed E-state index contributed by atoms with van der Waals surface area (Å²) >= 11 is 0. The zero-order chi connectivity index (χ0) is 13.4. The first kappa shape index (κ1) is 14.3. The molecule has 0 aliphatic heterocycles. The maximum absolute atomic E-state index is 11.0. The van der Waals surface area contributed by atoms with Crippen LogP contribution in [0.4, 0.5) is 11.4 Å². The van der Waals surface area contributed by atoms with Crippen molar-refractivity contribution in [1.29, 1.82) is 0 Å². The van der Waals surface area contributed by atoms with Crippen molar-refractivity contribution in [3.05, 3.63) is 23.8 Å². The van der Waals surface area contributed by atoms with Crippen molar-refractivity contribution in [3.8, 4) is 0 Å². The molecule has 0 saturated carbocycles. The molecule has 1 amide bonds. The number of hydrogen-bond donors (Lipinski definition) is 3. The number of carbonyl (C=O) groups is 1. The van der Waals surface area contributed by atoms with E-state index in [1.807, 2.05) is 0 Å². The fraction of sp³-hybridized carbons (Fsp3) is 0.462. The van der Waals surface area contributed by atoms with Crippen LogP contribution in [0.1, 0.15) is 29.6 Å². The molecule has 0 fully saturated rings. The number of benzene rings is 1. The number of amides is 1. The summed E-state index contributed by atoms with van der Waals surface area (Å²) < 4.78 is 4.98. The van der Waals surface area contributed by atoms with E-state index >= 15 is 0 Å². The fourth-order valence-corrected chi connectivity index (χ4v) is 1.65. The van der Waals surface area contributed by atoms with E-state index in [4.69, 9.17) is 16.2 Å². The van der Waals surface area contributed by atoms with Crippen molar-refractivity contribution >= 4 is 17.3 Å². The van der Waals surface area contributed by atoms with E-state index in [9.17, 15) is 4.79 Å². The number of rotatable bonds is 8. The lowest BCUT2D eigenvalue weighted by Crippen LogP contribution is -2.12. The molecule has 1 aromatic carbocycles. The van der Waals surface area contributed by atoms with Crippen LogP contribution in [0.15, 0.2) is 18.2 Å². The molecule has 0 bridgehead atoms. The quantitative estimate of drug-likeness (QED) is 0.483. The molecule has 5 N–H and O–H groups in total. The highest BCUT2D eigenvalue weighted by molar-refractivity contribution is 5.94. The second kappa shape index (κ2) is 7.55. The number of methoxy groups -OCH3 is 1. The largest absolute Gasteiger partial charge is 0.397 e. The van der Waals surface area contributed by atoms with Gasteiger partial charge in [0, 0.05) is 25.8 Å². The lowest BCUT2D eigenvalue weighted by atomic mass is 10.1. The van der Waals surface area contributed by atoms with E-state index in [1.54, 1.807) is 25.3 Å². The second-order valence-corrected chi connectivity index (χ2v) is 4.15. The minimum Gasteiger partial charge on any atom is -0.397 e. The van der Waals surface area contributed by atoms with E-state index < -0.39 is 5.91 Å². The van der Waals surface area contributed by atoms with Crippen LogP contribution < -0.4 is 16.8 Å². The molecule has 0 aliphatic carbocycles. The second-order valence-electron chi connectivity index (χ2n) is 4.15. The summed E-state index contributed by atoms with van der Waals surface area (Å²) in [4.78, 5) is 11.0.